The lowest BCUT2D eigenvalue weighted by atomic mass is 10.1. The molecule has 2 atom stereocenters. The molecule has 35 heavy (non-hydrogen) atoms. The van der Waals surface area contributed by atoms with Gasteiger partial charge in [0.25, 0.3) is 0 Å². The fraction of sp³-hybridized carbons (Fsp3) is 0.292. The molecule has 0 aliphatic heterocycles. The number of hydrogen-bond donors (Lipinski definition) is 1. The highest BCUT2D eigenvalue weighted by Crippen LogP contribution is 2.33. The van der Waals surface area contributed by atoms with Crippen molar-refractivity contribution >= 4 is 11.8 Å². The zero-order valence-corrected chi connectivity index (χ0v) is 18.8. The van der Waals surface area contributed by atoms with Crippen LogP contribution in [0.3, 0.4) is 0 Å². The van der Waals surface area contributed by atoms with Gasteiger partial charge in [0, 0.05) is 24.7 Å². The number of aromatic nitrogens is 5. The van der Waals surface area contributed by atoms with Crippen LogP contribution in [-0.4, -0.2) is 49.1 Å². The van der Waals surface area contributed by atoms with Crippen molar-refractivity contribution in [2.24, 2.45) is 5.92 Å². The van der Waals surface area contributed by atoms with Crippen molar-refractivity contribution in [1.29, 1.82) is 0 Å². The number of carboxylic acids is 1. The zero-order chi connectivity index (χ0) is 24.5. The minimum atomic E-state index is -0.842. The van der Waals surface area contributed by atoms with Crippen molar-refractivity contribution < 1.29 is 23.2 Å². The highest BCUT2D eigenvalue weighted by Gasteiger charge is 2.33. The molecule has 2 unspecified atom stereocenters. The number of anilines is 1. The van der Waals surface area contributed by atoms with Gasteiger partial charge in [0.05, 0.1) is 24.4 Å². The Morgan fingerprint density at radius 1 is 1.20 bits per heavy atom. The summed E-state index contributed by atoms with van der Waals surface area (Å²) >= 11 is 0. The number of nitrogens with zero attached hydrogens (tertiary/aromatic N) is 6. The number of hydrogen-bond acceptors (Lipinski definition) is 7. The number of rotatable bonds is 7. The lowest BCUT2D eigenvalue weighted by Crippen LogP contribution is -2.31. The first kappa shape index (κ1) is 22.6. The number of carbonyl (C=O) groups is 1. The smallest absolute Gasteiger partial charge is 0.306 e. The van der Waals surface area contributed by atoms with E-state index >= 15 is 0 Å². The maximum Gasteiger partial charge on any atom is 0.306 e. The van der Waals surface area contributed by atoms with Crippen molar-refractivity contribution in [3.05, 3.63) is 66.1 Å². The van der Waals surface area contributed by atoms with Gasteiger partial charge >= 0.3 is 5.97 Å². The first-order valence-electron chi connectivity index (χ1n) is 11.1. The minimum absolute atomic E-state index is 0.0673. The van der Waals surface area contributed by atoms with Gasteiger partial charge in [0.2, 0.25) is 0 Å². The third-order valence-corrected chi connectivity index (χ3v) is 6.35. The zero-order valence-electron chi connectivity index (χ0n) is 18.8. The SMILES string of the molecule is CN(c1nc(-c2cc(-c3ccon3)n(Cc3ccccc3F)n2)ncc1F)C1CCC(C(=O)O)C1. The van der Waals surface area contributed by atoms with Crippen LogP contribution in [0.2, 0.25) is 0 Å². The quantitative estimate of drug-likeness (QED) is 0.423. The molecule has 0 saturated heterocycles. The molecular formula is C24H22F2N6O3. The Kier molecular flexibility index (Phi) is 5.98. The molecule has 1 aliphatic rings. The largest absolute Gasteiger partial charge is 0.481 e. The van der Waals surface area contributed by atoms with Crippen LogP contribution in [0, 0.1) is 17.6 Å². The monoisotopic (exact) mass is 480 g/mol. The molecule has 3 aromatic heterocycles. The summed E-state index contributed by atoms with van der Waals surface area (Å²) in [5.41, 5.74) is 1.83. The highest BCUT2D eigenvalue weighted by atomic mass is 19.1. The molecule has 1 aromatic carbocycles. The third kappa shape index (κ3) is 4.48. The van der Waals surface area contributed by atoms with Gasteiger partial charge in [-0.3, -0.25) is 9.48 Å². The molecule has 4 aromatic rings. The van der Waals surface area contributed by atoms with Crippen LogP contribution < -0.4 is 4.90 Å². The van der Waals surface area contributed by atoms with E-state index in [1.54, 1.807) is 47.0 Å². The number of carboxylic acid groups (broad SMARTS) is 1. The molecule has 0 spiro atoms. The Bertz CT molecular complexity index is 1360. The predicted molar refractivity (Wildman–Crippen MR) is 121 cm³/mol. The standard InChI is InChI=1S/C24H22F2N6O3/c1-31(16-7-6-14(10-16)24(33)34)23-18(26)12-27-22(28-23)20-11-21(19-8-9-35-30-19)32(29-20)13-15-4-2-3-5-17(15)25/h2-5,8-9,11-12,14,16H,6-7,10,13H2,1H3,(H,33,34). The number of benzene rings is 1. The summed E-state index contributed by atoms with van der Waals surface area (Å²) in [6.07, 6.45) is 4.07. The van der Waals surface area contributed by atoms with E-state index in [9.17, 15) is 18.7 Å². The molecule has 11 heteroatoms. The maximum absolute atomic E-state index is 14.7. The summed E-state index contributed by atoms with van der Waals surface area (Å²) in [6.45, 7) is 0.126. The second-order valence-corrected chi connectivity index (χ2v) is 8.53. The van der Waals surface area contributed by atoms with E-state index in [4.69, 9.17) is 4.52 Å². The summed E-state index contributed by atoms with van der Waals surface area (Å²) in [6, 6.07) is 9.57. The summed E-state index contributed by atoms with van der Waals surface area (Å²) in [5.74, 6) is -2.03. The third-order valence-electron chi connectivity index (χ3n) is 6.35. The highest BCUT2D eigenvalue weighted by molar-refractivity contribution is 5.70. The summed E-state index contributed by atoms with van der Waals surface area (Å²) in [7, 11) is 1.70. The van der Waals surface area contributed by atoms with Gasteiger partial charge in [0.15, 0.2) is 17.5 Å². The van der Waals surface area contributed by atoms with Gasteiger partial charge in [0.1, 0.15) is 23.5 Å². The van der Waals surface area contributed by atoms with Crippen molar-refractivity contribution in [1.82, 2.24) is 24.9 Å². The van der Waals surface area contributed by atoms with Crippen molar-refractivity contribution in [3.8, 4) is 22.9 Å². The van der Waals surface area contributed by atoms with E-state index in [1.165, 1.54) is 12.3 Å². The van der Waals surface area contributed by atoms with Crippen LogP contribution in [0.15, 0.2) is 53.4 Å². The van der Waals surface area contributed by atoms with Crippen LogP contribution in [0.5, 0.6) is 0 Å². The topological polar surface area (TPSA) is 110 Å². The van der Waals surface area contributed by atoms with Crippen LogP contribution in [0.4, 0.5) is 14.6 Å². The Hall–Kier alpha value is -4.15. The lowest BCUT2D eigenvalue weighted by molar-refractivity contribution is -0.141. The molecule has 9 nitrogen and oxygen atoms in total. The van der Waals surface area contributed by atoms with Gasteiger partial charge < -0.3 is 14.5 Å². The Balaban J connectivity index is 1.49. The van der Waals surface area contributed by atoms with E-state index in [0.29, 0.717) is 41.9 Å². The fourth-order valence-electron chi connectivity index (χ4n) is 4.42. The van der Waals surface area contributed by atoms with Gasteiger partial charge in [-0.15, -0.1) is 0 Å². The molecule has 0 radical (unpaired) electrons. The molecule has 1 fully saturated rings. The number of aliphatic carboxylic acids is 1. The van der Waals surface area contributed by atoms with Crippen molar-refractivity contribution in [3.63, 3.8) is 0 Å². The van der Waals surface area contributed by atoms with Crippen molar-refractivity contribution in [2.45, 2.75) is 31.8 Å². The molecule has 1 aliphatic carbocycles. The fourth-order valence-corrected chi connectivity index (χ4v) is 4.42. The molecule has 5 rings (SSSR count). The first-order chi connectivity index (χ1) is 16.9. The maximum atomic E-state index is 14.7. The molecule has 180 valence electrons. The second-order valence-electron chi connectivity index (χ2n) is 8.53. The van der Waals surface area contributed by atoms with Crippen LogP contribution >= 0.6 is 0 Å². The predicted octanol–water partition coefficient (Wildman–Crippen LogP) is 4.01. The Morgan fingerprint density at radius 3 is 2.74 bits per heavy atom. The van der Waals surface area contributed by atoms with E-state index < -0.39 is 17.7 Å². The van der Waals surface area contributed by atoms with E-state index in [2.05, 4.69) is 20.2 Å². The molecule has 1 saturated carbocycles. The van der Waals surface area contributed by atoms with Gasteiger partial charge in [-0.1, -0.05) is 23.4 Å². The van der Waals surface area contributed by atoms with Crippen LogP contribution in [-0.2, 0) is 11.3 Å². The minimum Gasteiger partial charge on any atom is -0.481 e. The average molecular weight is 480 g/mol. The van der Waals surface area contributed by atoms with Gasteiger partial charge in [-0.2, -0.15) is 5.10 Å². The molecule has 0 bridgehead atoms. The van der Waals surface area contributed by atoms with Crippen LogP contribution in [0.25, 0.3) is 22.9 Å². The average Bonchev–Trinajstić information content (AvgIpc) is 3.61. The van der Waals surface area contributed by atoms with Gasteiger partial charge in [-0.25, -0.2) is 18.7 Å². The summed E-state index contributed by atoms with van der Waals surface area (Å²) in [4.78, 5) is 21.5. The Labute approximate surface area is 199 Å². The number of halogens is 2. The van der Waals surface area contributed by atoms with E-state index in [-0.39, 0.29) is 30.0 Å². The molecule has 0 amide bonds. The molecule has 1 N–H and O–H groups in total. The first-order valence-corrected chi connectivity index (χ1v) is 11.1. The summed E-state index contributed by atoms with van der Waals surface area (Å²) in [5, 5.41) is 17.8. The van der Waals surface area contributed by atoms with Gasteiger partial charge in [-0.05, 0) is 31.4 Å². The second kappa shape index (κ2) is 9.24. The summed E-state index contributed by atoms with van der Waals surface area (Å²) < 4.78 is 35.6. The van der Waals surface area contributed by atoms with E-state index in [0.717, 1.165) is 6.20 Å². The molecular weight excluding hydrogens is 458 g/mol. The van der Waals surface area contributed by atoms with Crippen LogP contribution in [0.1, 0.15) is 24.8 Å². The van der Waals surface area contributed by atoms with E-state index in [1.807, 2.05) is 0 Å². The lowest BCUT2D eigenvalue weighted by Gasteiger charge is -2.26. The van der Waals surface area contributed by atoms with Crippen molar-refractivity contribution in [2.75, 3.05) is 11.9 Å². The Morgan fingerprint density at radius 2 is 2.03 bits per heavy atom. The normalized spacial score (nSPS) is 17.6. The molecule has 3 heterocycles.